The fourth-order valence-electron chi connectivity index (χ4n) is 2.89. The average molecular weight is 447 g/mol. The predicted octanol–water partition coefficient (Wildman–Crippen LogP) is 2.94. The number of benzene rings is 1. The van der Waals surface area contributed by atoms with Crippen molar-refractivity contribution in [3.8, 4) is 28.6 Å². The standard InChI is InChI=1S/C20H16F3N5O4/c1-30-16-10-24-18(25-11-16)31-9-8-28-19(29)27-12-14(4-7-17(27)26-28)13-2-5-15(6-3-13)32-20(21,22)23/h2-7,10-12H,8-9H2,1H3. The Balaban J connectivity index is 1.47. The quantitative estimate of drug-likeness (QED) is 0.430. The number of methoxy groups -OCH3 is 1. The van der Waals surface area contributed by atoms with E-state index in [1.807, 2.05) is 0 Å². The Morgan fingerprint density at radius 2 is 1.66 bits per heavy atom. The molecule has 4 aromatic rings. The smallest absolute Gasteiger partial charge is 0.494 e. The van der Waals surface area contributed by atoms with Crippen LogP contribution >= 0.6 is 0 Å². The molecule has 0 atom stereocenters. The van der Waals surface area contributed by atoms with Gasteiger partial charge in [-0.15, -0.1) is 18.3 Å². The van der Waals surface area contributed by atoms with E-state index in [0.717, 1.165) is 0 Å². The molecule has 0 saturated heterocycles. The molecule has 32 heavy (non-hydrogen) atoms. The number of pyridine rings is 1. The van der Waals surface area contributed by atoms with Crippen LogP contribution in [0.1, 0.15) is 0 Å². The molecule has 3 aromatic heterocycles. The maximum Gasteiger partial charge on any atom is 0.573 e. The van der Waals surface area contributed by atoms with E-state index in [0.29, 0.717) is 22.5 Å². The molecule has 166 valence electrons. The number of alkyl halides is 3. The highest BCUT2D eigenvalue weighted by Gasteiger charge is 2.30. The summed E-state index contributed by atoms with van der Waals surface area (Å²) < 4.78 is 53.8. The van der Waals surface area contributed by atoms with Crippen LogP contribution in [0.3, 0.4) is 0 Å². The van der Waals surface area contributed by atoms with E-state index in [4.69, 9.17) is 9.47 Å². The first-order valence-electron chi connectivity index (χ1n) is 9.27. The number of nitrogens with zero attached hydrogens (tertiary/aromatic N) is 5. The van der Waals surface area contributed by atoms with Gasteiger partial charge in [0.15, 0.2) is 11.4 Å². The predicted molar refractivity (Wildman–Crippen MR) is 106 cm³/mol. The van der Waals surface area contributed by atoms with Crippen molar-refractivity contribution in [1.29, 1.82) is 0 Å². The van der Waals surface area contributed by atoms with Gasteiger partial charge in [0.05, 0.1) is 26.0 Å². The van der Waals surface area contributed by atoms with Crippen molar-refractivity contribution >= 4 is 5.65 Å². The second kappa shape index (κ2) is 8.57. The zero-order chi connectivity index (χ0) is 22.7. The van der Waals surface area contributed by atoms with Crippen molar-refractivity contribution < 1.29 is 27.4 Å². The molecule has 0 unspecified atom stereocenters. The van der Waals surface area contributed by atoms with Gasteiger partial charge in [-0.05, 0) is 35.4 Å². The molecule has 9 nitrogen and oxygen atoms in total. The summed E-state index contributed by atoms with van der Waals surface area (Å²) in [5.74, 6) is 0.167. The molecule has 3 heterocycles. The van der Waals surface area contributed by atoms with Crippen molar-refractivity contribution in [2.75, 3.05) is 13.7 Å². The van der Waals surface area contributed by atoms with Gasteiger partial charge in [0.25, 0.3) is 0 Å². The minimum atomic E-state index is -4.76. The summed E-state index contributed by atoms with van der Waals surface area (Å²) in [5.41, 5.74) is 1.26. The van der Waals surface area contributed by atoms with Gasteiger partial charge in [-0.2, -0.15) is 9.97 Å². The highest BCUT2D eigenvalue weighted by atomic mass is 19.4. The molecular formula is C20H16F3N5O4. The summed E-state index contributed by atoms with van der Waals surface area (Å²) in [6.45, 7) is 0.276. The molecule has 12 heteroatoms. The van der Waals surface area contributed by atoms with Crippen molar-refractivity contribution in [3.63, 3.8) is 0 Å². The zero-order valence-electron chi connectivity index (χ0n) is 16.6. The lowest BCUT2D eigenvalue weighted by Crippen LogP contribution is -2.24. The molecule has 1 aromatic carbocycles. The highest BCUT2D eigenvalue weighted by molar-refractivity contribution is 5.65. The van der Waals surface area contributed by atoms with Crippen LogP contribution in [0.5, 0.6) is 17.5 Å². The van der Waals surface area contributed by atoms with Crippen LogP contribution in [0, 0.1) is 0 Å². The third-order valence-corrected chi connectivity index (χ3v) is 4.37. The monoisotopic (exact) mass is 447 g/mol. The molecule has 0 N–H and O–H groups in total. The van der Waals surface area contributed by atoms with Gasteiger partial charge in [0.2, 0.25) is 0 Å². The first-order valence-corrected chi connectivity index (χ1v) is 9.27. The van der Waals surface area contributed by atoms with Crippen LogP contribution in [-0.4, -0.2) is 44.2 Å². The molecule has 0 spiro atoms. The summed E-state index contributed by atoms with van der Waals surface area (Å²) in [7, 11) is 1.50. The number of fused-ring (bicyclic) bond motifs is 1. The maximum atomic E-state index is 12.7. The minimum Gasteiger partial charge on any atom is -0.494 e. The molecule has 0 saturated carbocycles. The molecule has 0 aliphatic heterocycles. The Bertz CT molecular complexity index is 1270. The normalized spacial score (nSPS) is 11.5. The largest absolute Gasteiger partial charge is 0.573 e. The molecule has 0 aliphatic carbocycles. The van der Waals surface area contributed by atoms with E-state index in [1.165, 1.54) is 52.9 Å². The first-order chi connectivity index (χ1) is 15.3. The van der Waals surface area contributed by atoms with Gasteiger partial charge >= 0.3 is 18.1 Å². The van der Waals surface area contributed by atoms with Crippen molar-refractivity contribution in [3.05, 3.63) is 65.5 Å². The second-order valence-electron chi connectivity index (χ2n) is 6.48. The molecule has 0 amide bonds. The van der Waals surface area contributed by atoms with Crippen LogP contribution in [-0.2, 0) is 6.54 Å². The van der Waals surface area contributed by atoms with Crippen LogP contribution in [0.4, 0.5) is 13.2 Å². The maximum absolute atomic E-state index is 12.7. The number of hydrogen-bond donors (Lipinski definition) is 0. The van der Waals surface area contributed by atoms with Gasteiger partial charge in [-0.1, -0.05) is 12.1 Å². The Labute approximate surface area is 178 Å². The van der Waals surface area contributed by atoms with E-state index in [2.05, 4.69) is 19.8 Å². The van der Waals surface area contributed by atoms with Gasteiger partial charge in [0, 0.05) is 6.20 Å². The minimum absolute atomic E-state index is 0.115. The Morgan fingerprint density at radius 3 is 2.31 bits per heavy atom. The number of halogens is 3. The third-order valence-electron chi connectivity index (χ3n) is 4.37. The molecule has 4 rings (SSSR count). The SMILES string of the molecule is COc1cnc(OCCn2nc3ccc(-c4ccc(OC(F)(F)F)cc4)cn3c2=O)nc1. The summed E-state index contributed by atoms with van der Waals surface area (Å²) in [4.78, 5) is 20.6. The zero-order valence-corrected chi connectivity index (χ0v) is 16.6. The number of ether oxygens (including phenoxy) is 3. The molecule has 0 fully saturated rings. The van der Waals surface area contributed by atoms with Gasteiger partial charge in [-0.25, -0.2) is 13.9 Å². The first kappa shape index (κ1) is 21.2. The Kier molecular flexibility index (Phi) is 5.67. The van der Waals surface area contributed by atoms with Crippen molar-refractivity contribution in [2.45, 2.75) is 12.9 Å². The van der Waals surface area contributed by atoms with E-state index >= 15 is 0 Å². The summed E-state index contributed by atoms with van der Waals surface area (Å²) in [6, 6.07) is 8.85. The molecule has 0 aliphatic rings. The summed E-state index contributed by atoms with van der Waals surface area (Å²) in [5, 5.41) is 4.24. The van der Waals surface area contributed by atoms with E-state index in [9.17, 15) is 18.0 Å². The molecule has 0 bridgehead atoms. The molecular weight excluding hydrogens is 431 g/mol. The number of hydrogen-bond acceptors (Lipinski definition) is 7. The van der Waals surface area contributed by atoms with Crippen LogP contribution in [0.2, 0.25) is 0 Å². The lowest BCUT2D eigenvalue weighted by Gasteiger charge is -2.09. The van der Waals surface area contributed by atoms with Crippen LogP contribution in [0.15, 0.2) is 59.8 Å². The van der Waals surface area contributed by atoms with Crippen LogP contribution in [0.25, 0.3) is 16.8 Å². The van der Waals surface area contributed by atoms with Crippen molar-refractivity contribution in [1.82, 2.24) is 24.1 Å². The summed E-state index contributed by atoms with van der Waals surface area (Å²) in [6.07, 6.45) is -0.273. The average Bonchev–Trinajstić information content (AvgIpc) is 3.09. The second-order valence-corrected chi connectivity index (χ2v) is 6.48. The number of aromatic nitrogens is 5. The lowest BCUT2D eigenvalue weighted by molar-refractivity contribution is -0.274. The van der Waals surface area contributed by atoms with Crippen LogP contribution < -0.4 is 19.9 Å². The Morgan fingerprint density at radius 1 is 0.969 bits per heavy atom. The molecule has 0 radical (unpaired) electrons. The lowest BCUT2D eigenvalue weighted by atomic mass is 10.1. The fourth-order valence-corrected chi connectivity index (χ4v) is 2.89. The topological polar surface area (TPSA) is 92.8 Å². The fraction of sp³-hybridized carbons (Fsp3) is 0.200. The highest BCUT2D eigenvalue weighted by Crippen LogP contribution is 2.26. The third kappa shape index (κ3) is 4.79. The number of rotatable bonds is 7. The van der Waals surface area contributed by atoms with E-state index in [1.54, 1.807) is 18.3 Å². The van der Waals surface area contributed by atoms with Gasteiger partial charge in [-0.3, -0.25) is 0 Å². The summed E-state index contributed by atoms with van der Waals surface area (Å²) >= 11 is 0. The van der Waals surface area contributed by atoms with Crippen molar-refractivity contribution in [2.24, 2.45) is 0 Å². The van der Waals surface area contributed by atoms with E-state index in [-0.39, 0.29) is 24.9 Å². The van der Waals surface area contributed by atoms with Gasteiger partial charge < -0.3 is 14.2 Å². The van der Waals surface area contributed by atoms with E-state index < -0.39 is 12.1 Å². The van der Waals surface area contributed by atoms with Gasteiger partial charge in [0.1, 0.15) is 12.4 Å². The Hall–Kier alpha value is -4.09.